The molecule has 2 fully saturated rings. The van der Waals surface area contributed by atoms with Crippen molar-refractivity contribution in [2.75, 3.05) is 49.3 Å². The van der Waals surface area contributed by atoms with Crippen LogP contribution >= 0.6 is 0 Å². The van der Waals surface area contributed by atoms with E-state index in [1.807, 2.05) is 36.4 Å². The Morgan fingerprint density at radius 1 is 1.00 bits per heavy atom. The zero-order chi connectivity index (χ0) is 21.6. The summed E-state index contributed by atoms with van der Waals surface area (Å²) in [4.78, 5) is 17.0. The number of amides is 1. The van der Waals surface area contributed by atoms with Crippen molar-refractivity contribution in [3.63, 3.8) is 0 Å². The van der Waals surface area contributed by atoms with Crippen LogP contribution in [0.2, 0.25) is 0 Å². The van der Waals surface area contributed by atoms with Crippen molar-refractivity contribution < 1.29 is 9.53 Å². The monoisotopic (exact) mass is 422 g/mol. The Kier molecular flexibility index (Phi) is 6.97. The van der Waals surface area contributed by atoms with Gasteiger partial charge in [0.05, 0.1) is 12.6 Å². The first-order valence-corrected chi connectivity index (χ1v) is 11.4. The van der Waals surface area contributed by atoms with Gasteiger partial charge >= 0.3 is 0 Å². The first kappa shape index (κ1) is 21.5. The van der Waals surface area contributed by atoms with Crippen molar-refractivity contribution in [1.82, 2.24) is 4.90 Å². The van der Waals surface area contributed by atoms with Gasteiger partial charge < -0.3 is 25.2 Å². The molecule has 1 heterocycles. The molecule has 1 amide bonds. The maximum Gasteiger partial charge on any atom is 0.243 e. The van der Waals surface area contributed by atoms with Gasteiger partial charge in [0.15, 0.2) is 0 Å². The molecule has 1 atom stereocenters. The molecule has 0 spiro atoms. The smallest absolute Gasteiger partial charge is 0.243 e. The van der Waals surface area contributed by atoms with Gasteiger partial charge in [-0.15, -0.1) is 0 Å². The zero-order valence-corrected chi connectivity index (χ0v) is 18.6. The molecular formula is C25H34N4O2. The minimum atomic E-state index is -0.0622. The van der Waals surface area contributed by atoms with E-state index in [4.69, 9.17) is 4.74 Å². The van der Waals surface area contributed by atoms with E-state index in [0.29, 0.717) is 12.1 Å². The predicted molar refractivity (Wildman–Crippen MR) is 127 cm³/mol. The molecule has 31 heavy (non-hydrogen) atoms. The fraction of sp³-hybridized carbons (Fsp3) is 0.480. The van der Waals surface area contributed by atoms with Crippen molar-refractivity contribution in [3.05, 3.63) is 48.5 Å². The number of benzene rings is 2. The standard InChI is InChI=1S/C25H34N4O2/c1-28(2)22-15-16-29(18-22)21-11-7-20(8-12-21)27-25(30)17-26-19-9-13-24(14-10-19)31-23-5-3-4-6-23/h7-14,22-23,26H,3-6,15-18H2,1-2H3,(H,27,30)/t22-/m1/s1. The lowest BCUT2D eigenvalue weighted by Gasteiger charge is -2.22. The minimum absolute atomic E-state index is 0.0622. The molecule has 6 heteroatoms. The lowest BCUT2D eigenvalue weighted by atomic mass is 10.2. The predicted octanol–water partition coefficient (Wildman–Crippen LogP) is 4.20. The molecular weight excluding hydrogens is 388 g/mol. The lowest BCUT2D eigenvalue weighted by molar-refractivity contribution is -0.114. The summed E-state index contributed by atoms with van der Waals surface area (Å²) in [5.41, 5.74) is 2.94. The molecule has 0 unspecified atom stereocenters. The number of likely N-dealkylation sites (N-methyl/N-ethyl adjacent to an activating group) is 1. The number of nitrogens with one attached hydrogen (secondary N) is 2. The van der Waals surface area contributed by atoms with E-state index < -0.39 is 0 Å². The molecule has 2 aromatic carbocycles. The fourth-order valence-corrected chi connectivity index (χ4v) is 4.39. The molecule has 0 bridgehead atoms. The molecule has 166 valence electrons. The molecule has 1 aliphatic heterocycles. The Labute approximate surface area is 185 Å². The summed E-state index contributed by atoms with van der Waals surface area (Å²) in [5.74, 6) is 0.838. The average molecular weight is 423 g/mol. The number of rotatable bonds is 8. The number of hydrogen-bond acceptors (Lipinski definition) is 5. The van der Waals surface area contributed by atoms with Gasteiger partial charge in [-0.05, 0) is 94.7 Å². The van der Waals surface area contributed by atoms with Crippen LogP contribution in [0.4, 0.5) is 17.1 Å². The van der Waals surface area contributed by atoms with Gasteiger partial charge in [0.25, 0.3) is 0 Å². The molecule has 6 nitrogen and oxygen atoms in total. The number of hydrogen-bond donors (Lipinski definition) is 2. The lowest BCUT2D eigenvalue weighted by Crippen LogP contribution is -2.31. The summed E-state index contributed by atoms with van der Waals surface area (Å²) < 4.78 is 5.99. The number of carbonyl (C=O) groups excluding carboxylic acids is 1. The third-order valence-electron chi connectivity index (χ3n) is 6.32. The minimum Gasteiger partial charge on any atom is -0.490 e. The molecule has 0 aromatic heterocycles. The van der Waals surface area contributed by atoms with Crippen LogP contribution in [0, 0.1) is 0 Å². The number of ether oxygens (including phenoxy) is 1. The Morgan fingerprint density at radius 2 is 1.68 bits per heavy atom. The summed E-state index contributed by atoms with van der Waals surface area (Å²) in [6.07, 6.45) is 6.36. The van der Waals surface area contributed by atoms with E-state index in [1.165, 1.54) is 24.9 Å². The van der Waals surface area contributed by atoms with Gasteiger partial charge in [-0.1, -0.05) is 0 Å². The normalized spacial score (nSPS) is 19.1. The summed E-state index contributed by atoms with van der Waals surface area (Å²) in [5, 5.41) is 6.14. The van der Waals surface area contributed by atoms with Crippen LogP contribution in [0.25, 0.3) is 0 Å². The number of carbonyl (C=O) groups is 1. The molecule has 2 aromatic rings. The van der Waals surface area contributed by atoms with Crippen LogP contribution in [-0.2, 0) is 4.79 Å². The quantitative estimate of drug-likeness (QED) is 0.668. The number of anilines is 3. The second-order valence-electron chi connectivity index (χ2n) is 8.85. The van der Waals surface area contributed by atoms with E-state index in [-0.39, 0.29) is 12.5 Å². The van der Waals surface area contributed by atoms with Gasteiger partial charge in [0.2, 0.25) is 5.91 Å². The Morgan fingerprint density at radius 3 is 2.32 bits per heavy atom. The molecule has 0 radical (unpaired) electrons. The largest absolute Gasteiger partial charge is 0.490 e. The molecule has 2 aliphatic rings. The maximum absolute atomic E-state index is 12.3. The third-order valence-corrected chi connectivity index (χ3v) is 6.32. The van der Waals surface area contributed by atoms with Crippen LogP contribution in [0.1, 0.15) is 32.1 Å². The second kappa shape index (κ2) is 10.1. The summed E-state index contributed by atoms with van der Waals surface area (Å²) in [6, 6.07) is 16.6. The number of nitrogens with zero attached hydrogens (tertiary/aromatic N) is 2. The fourth-order valence-electron chi connectivity index (χ4n) is 4.39. The van der Waals surface area contributed by atoms with Crippen molar-refractivity contribution in [1.29, 1.82) is 0 Å². The van der Waals surface area contributed by atoms with E-state index in [9.17, 15) is 4.79 Å². The van der Waals surface area contributed by atoms with Gasteiger partial charge in [-0.25, -0.2) is 0 Å². The molecule has 1 saturated heterocycles. The highest BCUT2D eigenvalue weighted by Crippen LogP contribution is 2.25. The molecule has 2 N–H and O–H groups in total. The van der Waals surface area contributed by atoms with E-state index in [1.54, 1.807) is 0 Å². The SMILES string of the molecule is CN(C)[C@@H]1CCN(c2ccc(NC(=O)CNc3ccc(OC4CCCC4)cc3)cc2)C1. The van der Waals surface area contributed by atoms with Gasteiger partial charge in [-0.2, -0.15) is 0 Å². The molecule has 1 saturated carbocycles. The van der Waals surface area contributed by atoms with Crippen molar-refractivity contribution in [2.45, 2.75) is 44.2 Å². The van der Waals surface area contributed by atoms with Crippen molar-refractivity contribution >= 4 is 23.0 Å². The van der Waals surface area contributed by atoms with E-state index >= 15 is 0 Å². The van der Waals surface area contributed by atoms with Crippen LogP contribution in [-0.4, -0.2) is 56.7 Å². The van der Waals surface area contributed by atoms with Crippen molar-refractivity contribution in [2.24, 2.45) is 0 Å². The van der Waals surface area contributed by atoms with Gasteiger partial charge in [0, 0.05) is 36.2 Å². The van der Waals surface area contributed by atoms with Gasteiger partial charge in [-0.3, -0.25) is 4.79 Å². The first-order valence-electron chi connectivity index (χ1n) is 11.4. The van der Waals surface area contributed by atoms with Gasteiger partial charge in [0.1, 0.15) is 5.75 Å². The first-order chi connectivity index (χ1) is 15.1. The summed E-state index contributed by atoms with van der Waals surface area (Å²) >= 11 is 0. The average Bonchev–Trinajstić information content (AvgIpc) is 3.46. The third kappa shape index (κ3) is 5.91. The highest BCUT2D eigenvalue weighted by Gasteiger charge is 2.24. The molecule has 1 aliphatic carbocycles. The maximum atomic E-state index is 12.3. The van der Waals surface area contributed by atoms with E-state index in [0.717, 1.165) is 43.1 Å². The molecule has 4 rings (SSSR count). The Balaban J connectivity index is 1.21. The Hall–Kier alpha value is -2.73. The van der Waals surface area contributed by atoms with Crippen LogP contribution < -0.4 is 20.3 Å². The Bertz CT molecular complexity index is 845. The highest BCUT2D eigenvalue weighted by molar-refractivity contribution is 5.93. The van der Waals surface area contributed by atoms with Crippen LogP contribution in [0.3, 0.4) is 0 Å². The van der Waals surface area contributed by atoms with Crippen LogP contribution in [0.5, 0.6) is 5.75 Å². The van der Waals surface area contributed by atoms with Crippen LogP contribution in [0.15, 0.2) is 48.5 Å². The van der Waals surface area contributed by atoms with E-state index in [2.05, 4.69) is 46.7 Å². The highest BCUT2D eigenvalue weighted by atomic mass is 16.5. The summed E-state index contributed by atoms with van der Waals surface area (Å²) in [7, 11) is 4.28. The summed E-state index contributed by atoms with van der Waals surface area (Å²) in [6.45, 7) is 2.34. The van der Waals surface area contributed by atoms with Crippen molar-refractivity contribution in [3.8, 4) is 5.75 Å². The zero-order valence-electron chi connectivity index (χ0n) is 18.6. The topological polar surface area (TPSA) is 56.8 Å². The second-order valence-corrected chi connectivity index (χ2v) is 8.85.